The predicted molar refractivity (Wildman–Crippen MR) is 43.2 cm³/mol. The molecule has 6 heteroatoms. The lowest BCUT2D eigenvalue weighted by atomic mass is 10.4. The zero-order valence-corrected chi connectivity index (χ0v) is 7.15. The van der Waals surface area contributed by atoms with Crippen molar-refractivity contribution >= 4 is 11.9 Å². The summed E-state index contributed by atoms with van der Waals surface area (Å²) in [5.74, 6) is 3.32. The molecule has 0 saturated carbocycles. The molecule has 0 atom stereocenters. The second-order valence-corrected chi connectivity index (χ2v) is 2.06. The van der Waals surface area contributed by atoms with Crippen molar-refractivity contribution in [1.82, 2.24) is 5.34 Å². The van der Waals surface area contributed by atoms with E-state index in [0.29, 0.717) is 0 Å². The first-order valence-electron chi connectivity index (χ1n) is 3.24. The first-order chi connectivity index (χ1) is 5.97. The molecule has 0 bridgehead atoms. The van der Waals surface area contributed by atoms with E-state index in [-0.39, 0.29) is 10.9 Å². The van der Waals surface area contributed by atoms with Gasteiger partial charge in [-0.25, -0.2) is 9.59 Å². The average molecular weight is 186 g/mol. The molecule has 0 aromatic rings. The van der Waals surface area contributed by atoms with Crippen molar-refractivity contribution in [3.8, 4) is 0 Å². The Bertz CT molecular complexity index is 249. The molecular formula is C7H10N2O4. The van der Waals surface area contributed by atoms with E-state index in [1.54, 1.807) is 0 Å². The Kier molecular flexibility index (Phi) is 4.42. The van der Waals surface area contributed by atoms with E-state index in [1.165, 1.54) is 6.92 Å². The van der Waals surface area contributed by atoms with Gasteiger partial charge in [0.25, 0.3) is 0 Å². The number of nitrogens with zero attached hydrogens (tertiary/aromatic N) is 1. The fourth-order valence-electron chi connectivity index (χ4n) is 0.304. The maximum Gasteiger partial charge on any atom is 0.357 e. The minimum atomic E-state index is -0.836. The smallest absolute Gasteiger partial charge is 0.315 e. The summed E-state index contributed by atoms with van der Waals surface area (Å²) in [7, 11) is 0. The van der Waals surface area contributed by atoms with Crippen LogP contribution in [0.4, 0.5) is 0 Å². The molecule has 0 aliphatic rings. The number of carbonyl (C=O) groups is 2. The van der Waals surface area contributed by atoms with Gasteiger partial charge in [-0.1, -0.05) is 13.2 Å². The van der Waals surface area contributed by atoms with Crippen LogP contribution in [0.15, 0.2) is 24.8 Å². The van der Waals surface area contributed by atoms with Gasteiger partial charge in [-0.05, 0) is 6.92 Å². The van der Waals surface area contributed by atoms with Crippen molar-refractivity contribution in [1.29, 1.82) is 0 Å². The highest BCUT2D eigenvalue weighted by Crippen LogP contribution is 1.94. The molecule has 0 aliphatic carbocycles. The SMILES string of the molecule is C=CC(=O)ON(N)OC(=O)C(=C)C. The Morgan fingerprint density at radius 2 is 2.00 bits per heavy atom. The fourth-order valence-corrected chi connectivity index (χ4v) is 0.304. The lowest BCUT2D eigenvalue weighted by molar-refractivity contribution is -0.323. The number of nitrogens with two attached hydrogens (primary N) is 1. The van der Waals surface area contributed by atoms with Crippen LogP contribution >= 0.6 is 0 Å². The first kappa shape index (κ1) is 11.3. The molecular weight excluding hydrogens is 176 g/mol. The van der Waals surface area contributed by atoms with Crippen LogP contribution in [0.3, 0.4) is 0 Å². The van der Waals surface area contributed by atoms with Crippen molar-refractivity contribution in [2.24, 2.45) is 5.84 Å². The van der Waals surface area contributed by atoms with E-state index in [0.717, 1.165) is 6.08 Å². The van der Waals surface area contributed by atoms with Gasteiger partial charge in [-0.3, -0.25) is 0 Å². The van der Waals surface area contributed by atoms with Gasteiger partial charge in [0.15, 0.2) is 0 Å². The fraction of sp³-hybridized carbons (Fsp3) is 0.143. The van der Waals surface area contributed by atoms with Crippen molar-refractivity contribution in [3.63, 3.8) is 0 Å². The molecule has 0 fully saturated rings. The van der Waals surface area contributed by atoms with E-state index < -0.39 is 11.9 Å². The Morgan fingerprint density at radius 3 is 2.38 bits per heavy atom. The summed E-state index contributed by atoms with van der Waals surface area (Å²) in [6.45, 7) is 7.83. The molecule has 0 aliphatic heterocycles. The Balaban J connectivity index is 3.94. The average Bonchev–Trinajstić information content (AvgIpc) is 2.03. The van der Waals surface area contributed by atoms with E-state index in [9.17, 15) is 9.59 Å². The van der Waals surface area contributed by atoms with Crippen LogP contribution < -0.4 is 5.84 Å². The minimum Gasteiger partial charge on any atom is -0.315 e. The lowest BCUT2D eigenvalue weighted by Crippen LogP contribution is -2.35. The molecule has 6 nitrogen and oxygen atoms in total. The predicted octanol–water partition coefficient (Wildman–Crippen LogP) is -0.159. The van der Waals surface area contributed by atoms with Gasteiger partial charge in [0.05, 0.1) is 0 Å². The van der Waals surface area contributed by atoms with Gasteiger partial charge in [0.1, 0.15) is 5.34 Å². The van der Waals surface area contributed by atoms with Crippen molar-refractivity contribution in [2.45, 2.75) is 6.92 Å². The summed E-state index contributed by atoms with van der Waals surface area (Å²) in [5, 5.41) is 0.140. The summed E-state index contributed by atoms with van der Waals surface area (Å²) < 4.78 is 0. The monoisotopic (exact) mass is 186 g/mol. The Labute approximate surface area is 75.1 Å². The molecule has 0 heterocycles. The zero-order valence-electron chi connectivity index (χ0n) is 7.15. The number of hydrogen-bond donors (Lipinski definition) is 1. The standard InChI is InChI=1S/C7H10N2O4/c1-4-6(10)12-9(8)13-7(11)5(2)3/h4H,1-2,8H2,3H3. The number of carbonyl (C=O) groups excluding carboxylic acids is 2. The summed E-state index contributed by atoms with van der Waals surface area (Å²) in [6.07, 6.45) is 0.870. The zero-order chi connectivity index (χ0) is 10.4. The summed E-state index contributed by atoms with van der Waals surface area (Å²) in [6, 6.07) is 0. The van der Waals surface area contributed by atoms with Crippen LogP contribution in [0.25, 0.3) is 0 Å². The van der Waals surface area contributed by atoms with Gasteiger partial charge < -0.3 is 9.68 Å². The van der Waals surface area contributed by atoms with Gasteiger partial charge in [-0.2, -0.15) is 5.84 Å². The van der Waals surface area contributed by atoms with E-state index in [2.05, 4.69) is 22.8 Å². The Morgan fingerprint density at radius 1 is 1.46 bits per heavy atom. The highest BCUT2D eigenvalue weighted by atomic mass is 17.0. The van der Waals surface area contributed by atoms with E-state index in [4.69, 9.17) is 5.84 Å². The normalized spacial score (nSPS) is 9.15. The van der Waals surface area contributed by atoms with E-state index >= 15 is 0 Å². The molecule has 0 aromatic heterocycles. The lowest BCUT2D eigenvalue weighted by Gasteiger charge is -2.12. The van der Waals surface area contributed by atoms with E-state index in [1.807, 2.05) is 0 Å². The molecule has 0 radical (unpaired) electrons. The molecule has 13 heavy (non-hydrogen) atoms. The number of rotatable bonds is 4. The van der Waals surface area contributed by atoms with Crippen LogP contribution in [-0.2, 0) is 19.3 Å². The molecule has 0 aromatic carbocycles. The van der Waals surface area contributed by atoms with Crippen LogP contribution in [0.5, 0.6) is 0 Å². The molecule has 0 spiro atoms. The summed E-state index contributed by atoms with van der Waals surface area (Å²) in [5.41, 5.74) is 0.130. The topological polar surface area (TPSA) is 81.9 Å². The second-order valence-electron chi connectivity index (χ2n) is 2.06. The third kappa shape index (κ3) is 4.72. The highest BCUT2D eigenvalue weighted by molar-refractivity contribution is 5.86. The third-order valence-electron chi connectivity index (χ3n) is 0.868. The van der Waals surface area contributed by atoms with Crippen molar-refractivity contribution < 1.29 is 19.3 Å². The quantitative estimate of drug-likeness (QED) is 0.373. The molecule has 2 N–H and O–H groups in total. The van der Waals surface area contributed by atoms with Crippen molar-refractivity contribution in [2.75, 3.05) is 0 Å². The first-order valence-corrected chi connectivity index (χ1v) is 3.24. The minimum absolute atomic E-state index is 0.130. The largest absolute Gasteiger partial charge is 0.357 e. The summed E-state index contributed by atoms with van der Waals surface area (Å²) in [4.78, 5) is 29.7. The molecule has 72 valence electrons. The maximum absolute atomic E-state index is 10.8. The third-order valence-corrected chi connectivity index (χ3v) is 0.868. The maximum atomic E-state index is 10.8. The van der Waals surface area contributed by atoms with Crippen LogP contribution in [0.1, 0.15) is 6.92 Å². The van der Waals surface area contributed by atoms with Gasteiger partial charge in [0, 0.05) is 11.6 Å². The van der Waals surface area contributed by atoms with Crippen molar-refractivity contribution in [3.05, 3.63) is 24.8 Å². The van der Waals surface area contributed by atoms with Crippen LogP contribution in [0, 0.1) is 0 Å². The molecule has 0 saturated heterocycles. The van der Waals surface area contributed by atoms with Gasteiger partial charge in [0.2, 0.25) is 0 Å². The number of hydrogen-bond acceptors (Lipinski definition) is 6. The van der Waals surface area contributed by atoms with Gasteiger partial charge >= 0.3 is 11.9 Å². The second kappa shape index (κ2) is 5.07. The Hall–Kier alpha value is -1.66. The van der Waals surface area contributed by atoms with Gasteiger partial charge in [-0.15, -0.1) is 0 Å². The molecule has 0 amide bonds. The summed E-state index contributed by atoms with van der Waals surface area (Å²) >= 11 is 0. The molecule has 0 unspecified atom stereocenters. The molecule has 0 rings (SSSR count). The van der Waals surface area contributed by atoms with Crippen LogP contribution in [0.2, 0.25) is 0 Å². The number of hydrazine groups is 1. The van der Waals surface area contributed by atoms with Crippen LogP contribution in [-0.4, -0.2) is 17.3 Å². The highest BCUT2D eigenvalue weighted by Gasteiger charge is 2.11.